The number of fused-ring (bicyclic) bond motifs is 1. The molecule has 0 saturated carbocycles. The number of piperazine rings is 1. The minimum Gasteiger partial charge on any atom is -0.395 e. The van der Waals surface area contributed by atoms with Crippen molar-refractivity contribution in [3.05, 3.63) is 51.8 Å². The van der Waals surface area contributed by atoms with Crippen molar-refractivity contribution in [2.45, 2.75) is 13.3 Å². The maximum Gasteiger partial charge on any atom is 0.433 e. The minimum atomic E-state index is -0.662. The van der Waals surface area contributed by atoms with E-state index >= 15 is 0 Å². The summed E-state index contributed by atoms with van der Waals surface area (Å²) in [6.45, 7) is 6.87. The van der Waals surface area contributed by atoms with E-state index in [0.29, 0.717) is 13.1 Å². The Labute approximate surface area is 177 Å². The highest BCUT2D eigenvalue weighted by Gasteiger charge is 2.21. The fourth-order valence-corrected chi connectivity index (χ4v) is 4.52. The molecule has 1 N–H and O–H groups in total. The number of amides is 1. The summed E-state index contributed by atoms with van der Waals surface area (Å²) in [5, 5.41) is 14.4. The molecule has 3 heterocycles. The van der Waals surface area contributed by atoms with E-state index < -0.39 is 16.7 Å². The second-order valence-electron chi connectivity index (χ2n) is 7.13. The fraction of sp³-hybridized carbons (Fsp3) is 0.400. The molecule has 1 fully saturated rings. The lowest BCUT2D eigenvalue weighted by Gasteiger charge is -2.34. The van der Waals surface area contributed by atoms with Gasteiger partial charge in [0.25, 0.3) is 5.91 Å². The van der Waals surface area contributed by atoms with E-state index in [2.05, 4.69) is 40.2 Å². The predicted octanol–water partition coefficient (Wildman–Crippen LogP) is 2.91. The van der Waals surface area contributed by atoms with Crippen LogP contribution in [0.5, 0.6) is 0 Å². The number of carbonyl (C=O) groups is 1. The highest BCUT2D eigenvalue weighted by atomic mass is 32.1. The van der Waals surface area contributed by atoms with Gasteiger partial charge in [-0.25, -0.2) is 4.98 Å². The van der Waals surface area contributed by atoms with Crippen molar-refractivity contribution in [3.63, 3.8) is 0 Å². The Kier molecular flexibility index (Phi) is 5.96. The third-order valence-corrected chi connectivity index (χ3v) is 6.28. The van der Waals surface area contributed by atoms with Gasteiger partial charge in [-0.05, 0) is 30.2 Å². The van der Waals surface area contributed by atoms with Crippen LogP contribution in [0.1, 0.15) is 23.0 Å². The summed E-state index contributed by atoms with van der Waals surface area (Å²) < 4.78 is 6.14. The van der Waals surface area contributed by atoms with Crippen LogP contribution in [0.2, 0.25) is 0 Å². The number of carbonyl (C=O) groups excluding carboxylic acids is 1. The zero-order valence-corrected chi connectivity index (χ0v) is 17.5. The van der Waals surface area contributed by atoms with Crippen molar-refractivity contribution in [1.82, 2.24) is 15.2 Å². The van der Waals surface area contributed by atoms with Crippen molar-refractivity contribution < 1.29 is 14.1 Å². The Morgan fingerprint density at radius 3 is 2.77 bits per heavy atom. The molecule has 1 aliphatic rings. The maximum atomic E-state index is 12.0. The molecule has 30 heavy (non-hydrogen) atoms. The van der Waals surface area contributed by atoms with Gasteiger partial charge >= 0.3 is 5.88 Å². The van der Waals surface area contributed by atoms with Crippen molar-refractivity contribution in [1.29, 1.82) is 0 Å². The summed E-state index contributed by atoms with van der Waals surface area (Å²) in [5.41, 5.74) is 2.38. The van der Waals surface area contributed by atoms with E-state index in [0.717, 1.165) is 43.2 Å². The number of thiazole rings is 1. The van der Waals surface area contributed by atoms with Gasteiger partial charge in [0.05, 0.1) is 16.3 Å². The number of nitrogens with one attached hydrogen (secondary N) is 1. The van der Waals surface area contributed by atoms with Crippen LogP contribution >= 0.6 is 11.3 Å². The topological polar surface area (TPSA) is 105 Å². The fourth-order valence-electron chi connectivity index (χ4n) is 3.44. The molecule has 1 aromatic carbocycles. The second-order valence-corrected chi connectivity index (χ2v) is 8.14. The molecule has 2 aromatic heterocycles. The number of rotatable bonds is 7. The molecule has 0 radical (unpaired) electrons. The molecular weight excluding hydrogens is 406 g/mol. The van der Waals surface area contributed by atoms with Crippen LogP contribution in [-0.2, 0) is 6.42 Å². The first-order valence-electron chi connectivity index (χ1n) is 9.92. The number of hydrogen-bond acceptors (Lipinski definition) is 8. The zero-order chi connectivity index (χ0) is 21.1. The molecule has 9 nitrogen and oxygen atoms in total. The number of nitrogens with zero attached hydrogens (tertiary/aromatic N) is 4. The van der Waals surface area contributed by atoms with Crippen molar-refractivity contribution in [2.24, 2.45) is 0 Å². The monoisotopic (exact) mass is 429 g/mol. The van der Waals surface area contributed by atoms with E-state index in [1.165, 1.54) is 22.4 Å². The van der Waals surface area contributed by atoms with Crippen LogP contribution in [0.4, 0.5) is 11.0 Å². The van der Waals surface area contributed by atoms with Crippen LogP contribution in [0.25, 0.3) is 10.2 Å². The Balaban J connectivity index is 1.24. The van der Waals surface area contributed by atoms with Crippen LogP contribution in [0, 0.1) is 10.1 Å². The molecule has 0 unspecified atom stereocenters. The molecular formula is C20H23N5O4S. The van der Waals surface area contributed by atoms with E-state index in [1.54, 1.807) is 11.3 Å². The van der Waals surface area contributed by atoms with Gasteiger partial charge in [0, 0.05) is 39.3 Å². The first kappa shape index (κ1) is 20.3. The molecule has 4 rings (SSSR count). The predicted molar refractivity (Wildman–Crippen MR) is 115 cm³/mol. The SMILES string of the molecule is CCc1ccc2nc(N3CCN(CCNC(=O)c4ccc([N+](=O)[O-])o4)CC3)sc2c1. The first-order chi connectivity index (χ1) is 14.5. The molecule has 10 heteroatoms. The lowest BCUT2D eigenvalue weighted by Crippen LogP contribution is -2.48. The third-order valence-electron chi connectivity index (χ3n) is 5.20. The number of aryl methyl sites for hydroxylation is 1. The Bertz CT molecular complexity index is 1050. The molecule has 0 spiro atoms. The van der Waals surface area contributed by atoms with E-state index in [-0.39, 0.29) is 5.76 Å². The lowest BCUT2D eigenvalue weighted by atomic mass is 10.2. The van der Waals surface area contributed by atoms with Crippen LogP contribution < -0.4 is 10.2 Å². The zero-order valence-electron chi connectivity index (χ0n) is 16.7. The van der Waals surface area contributed by atoms with Crippen molar-refractivity contribution >= 4 is 38.5 Å². The largest absolute Gasteiger partial charge is 0.433 e. The van der Waals surface area contributed by atoms with E-state index in [4.69, 9.17) is 9.40 Å². The number of benzene rings is 1. The van der Waals surface area contributed by atoms with Crippen LogP contribution in [0.3, 0.4) is 0 Å². The quantitative estimate of drug-likeness (QED) is 0.455. The molecule has 1 aliphatic heterocycles. The third kappa shape index (κ3) is 4.44. The molecule has 0 aliphatic carbocycles. The Hall–Kier alpha value is -2.98. The van der Waals surface area contributed by atoms with Gasteiger partial charge in [-0.2, -0.15) is 0 Å². The van der Waals surface area contributed by atoms with Gasteiger partial charge in [0.1, 0.15) is 4.92 Å². The summed E-state index contributed by atoms with van der Waals surface area (Å²) in [5.74, 6) is -0.923. The number of aromatic nitrogens is 1. The average molecular weight is 430 g/mol. The average Bonchev–Trinajstić information content (AvgIpc) is 3.41. The highest BCUT2D eigenvalue weighted by molar-refractivity contribution is 7.22. The molecule has 1 saturated heterocycles. The molecule has 0 bridgehead atoms. The van der Waals surface area contributed by atoms with Crippen LogP contribution in [-0.4, -0.2) is 60.0 Å². The van der Waals surface area contributed by atoms with Gasteiger partial charge in [0.15, 0.2) is 10.9 Å². The van der Waals surface area contributed by atoms with Gasteiger partial charge in [0.2, 0.25) is 0 Å². The van der Waals surface area contributed by atoms with Gasteiger partial charge < -0.3 is 14.6 Å². The molecule has 0 atom stereocenters. The number of nitro groups is 1. The summed E-state index contributed by atoms with van der Waals surface area (Å²) >= 11 is 1.74. The molecule has 158 valence electrons. The van der Waals surface area contributed by atoms with Crippen molar-refractivity contribution in [3.8, 4) is 0 Å². The smallest absolute Gasteiger partial charge is 0.395 e. The van der Waals surface area contributed by atoms with Crippen molar-refractivity contribution in [2.75, 3.05) is 44.2 Å². The number of hydrogen-bond donors (Lipinski definition) is 1. The lowest BCUT2D eigenvalue weighted by molar-refractivity contribution is -0.402. The van der Waals surface area contributed by atoms with Gasteiger partial charge in [-0.3, -0.25) is 19.8 Å². The van der Waals surface area contributed by atoms with E-state index in [1.807, 2.05) is 0 Å². The van der Waals surface area contributed by atoms with E-state index in [9.17, 15) is 14.9 Å². The minimum absolute atomic E-state index is 0.0476. The molecule has 3 aromatic rings. The standard InChI is InChI=1S/C20H23N5O4S/c1-2-14-3-4-15-17(13-14)30-20(22-15)24-11-9-23(10-12-24)8-7-21-19(26)16-5-6-18(29-16)25(27)28/h3-6,13H,2,7-12H2,1H3,(H,21,26). The normalized spacial score (nSPS) is 14.9. The maximum absolute atomic E-state index is 12.0. The van der Waals surface area contributed by atoms with Gasteiger partial charge in [-0.1, -0.05) is 24.3 Å². The number of anilines is 1. The first-order valence-corrected chi connectivity index (χ1v) is 10.7. The van der Waals surface area contributed by atoms with Crippen LogP contribution in [0.15, 0.2) is 34.7 Å². The number of furan rings is 1. The van der Waals surface area contributed by atoms with Gasteiger partial charge in [-0.15, -0.1) is 0 Å². The summed E-state index contributed by atoms with van der Waals surface area (Å²) in [4.78, 5) is 31.4. The Morgan fingerprint density at radius 1 is 1.27 bits per heavy atom. The second kappa shape index (κ2) is 8.80. The summed E-state index contributed by atoms with van der Waals surface area (Å²) in [6.07, 6.45) is 1.02. The summed E-state index contributed by atoms with van der Waals surface area (Å²) in [6, 6.07) is 8.95. The molecule has 1 amide bonds. The Morgan fingerprint density at radius 2 is 2.07 bits per heavy atom. The summed E-state index contributed by atoms with van der Waals surface area (Å²) in [7, 11) is 0. The highest BCUT2D eigenvalue weighted by Crippen LogP contribution is 2.30.